The number of urea groups is 1. The minimum Gasteiger partial charge on any atom is -0.391 e. The van der Waals surface area contributed by atoms with Crippen molar-refractivity contribution in [2.24, 2.45) is 13.0 Å². The number of aromatic nitrogens is 2. The number of carbonyl (C=O) groups is 1. The van der Waals surface area contributed by atoms with E-state index in [0.29, 0.717) is 6.54 Å². The second-order valence-corrected chi connectivity index (χ2v) is 4.46. The second kappa shape index (κ2) is 7.00. The highest BCUT2D eigenvalue weighted by atomic mass is 16.3. The Balaban J connectivity index is 2.24. The number of rotatable bonds is 6. The zero-order valence-electron chi connectivity index (χ0n) is 11.2. The first-order chi connectivity index (χ1) is 8.54. The van der Waals surface area contributed by atoms with Gasteiger partial charge in [-0.2, -0.15) is 5.10 Å². The zero-order chi connectivity index (χ0) is 13.5. The lowest BCUT2D eigenvalue weighted by molar-refractivity contribution is 0.114. The molecule has 0 aromatic carbocycles. The molecule has 1 aromatic heterocycles. The van der Waals surface area contributed by atoms with Crippen molar-refractivity contribution in [3.8, 4) is 0 Å². The minimum absolute atomic E-state index is 0.183. The molecule has 102 valence electrons. The molecule has 6 nitrogen and oxygen atoms in total. The summed E-state index contributed by atoms with van der Waals surface area (Å²) in [6, 6.07) is 1.56. The van der Waals surface area contributed by atoms with E-state index in [-0.39, 0.29) is 18.5 Å². The lowest BCUT2D eigenvalue weighted by atomic mass is 10.0. The first kappa shape index (κ1) is 14.5. The Morgan fingerprint density at radius 2 is 2.28 bits per heavy atom. The van der Waals surface area contributed by atoms with Gasteiger partial charge in [0.05, 0.1) is 18.3 Å². The third kappa shape index (κ3) is 4.37. The van der Waals surface area contributed by atoms with Gasteiger partial charge in [-0.25, -0.2) is 4.79 Å². The smallest absolute Gasteiger partial charge is 0.315 e. The van der Waals surface area contributed by atoms with E-state index in [1.807, 2.05) is 27.0 Å². The van der Waals surface area contributed by atoms with Crippen LogP contribution in [-0.2, 0) is 13.6 Å². The Hall–Kier alpha value is -1.56. The summed E-state index contributed by atoms with van der Waals surface area (Å²) in [5.74, 6) is 0.183. The highest BCUT2D eigenvalue weighted by molar-refractivity contribution is 5.73. The summed E-state index contributed by atoms with van der Waals surface area (Å²) in [7, 11) is 1.82. The van der Waals surface area contributed by atoms with Crippen molar-refractivity contribution in [1.82, 2.24) is 20.4 Å². The summed E-state index contributed by atoms with van der Waals surface area (Å²) < 4.78 is 1.70. The summed E-state index contributed by atoms with van der Waals surface area (Å²) in [5.41, 5.74) is 0.924. The Morgan fingerprint density at radius 3 is 2.83 bits per heavy atom. The van der Waals surface area contributed by atoms with Gasteiger partial charge in [-0.15, -0.1) is 0 Å². The van der Waals surface area contributed by atoms with Crippen LogP contribution in [0.25, 0.3) is 0 Å². The van der Waals surface area contributed by atoms with Gasteiger partial charge in [-0.1, -0.05) is 20.3 Å². The maximum atomic E-state index is 11.5. The van der Waals surface area contributed by atoms with E-state index in [1.54, 1.807) is 10.9 Å². The molecule has 2 atom stereocenters. The first-order valence-corrected chi connectivity index (χ1v) is 6.21. The molecule has 18 heavy (non-hydrogen) atoms. The van der Waals surface area contributed by atoms with Crippen LogP contribution < -0.4 is 10.6 Å². The molecule has 1 aromatic rings. The van der Waals surface area contributed by atoms with Gasteiger partial charge >= 0.3 is 6.03 Å². The summed E-state index contributed by atoms with van der Waals surface area (Å²) >= 11 is 0. The van der Waals surface area contributed by atoms with Crippen LogP contribution in [0.3, 0.4) is 0 Å². The standard InChI is InChI=1S/C12H22N4O2/c1-4-9(2)11(17)8-14-12(18)13-7-10-5-6-15-16(10)3/h5-6,9,11,17H,4,7-8H2,1-3H3,(H2,13,14,18). The fourth-order valence-corrected chi connectivity index (χ4v) is 1.48. The molecule has 2 amide bonds. The van der Waals surface area contributed by atoms with Crippen LogP contribution in [0.1, 0.15) is 26.0 Å². The van der Waals surface area contributed by atoms with Crippen molar-refractivity contribution in [3.63, 3.8) is 0 Å². The normalized spacial score (nSPS) is 14.0. The maximum absolute atomic E-state index is 11.5. The van der Waals surface area contributed by atoms with E-state index >= 15 is 0 Å². The van der Waals surface area contributed by atoms with Gasteiger partial charge in [-0.05, 0) is 12.0 Å². The molecule has 0 aliphatic heterocycles. The molecule has 0 bridgehead atoms. The van der Waals surface area contributed by atoms with Gasteiger partial charge < -0.3 is 15.7 Å². The monoisotopic (exact) mass is 254 g/mol. The van der Waals surface area contributed by atoms with Crippen LogP contribution in [0.4, 0.5) is 4.79 Å². The van der Waals surface area contributed by atoms with Crippen molar-refractivity contribution >= 4 is 6.03 Å². The molecule has 3 N–H and O–H groups in total. The molecule has 0 saturated carbocycles. The fourth-order valence-electron chi connectivity index (χ4n) is 1.48. The average Bonchev–Trinajstić information content (AvgIpc) is 2.77. The number of hydrogen-bond acceptors (Lipinski definition) is 3. The van der Waals surface area contributed by atoms with Gasteiger partial charge in [0.15, 0.2) is 0 Å². The highest BCUT2D eigenvalue weighted by Crippen LogP contribution is 2.05. The lowest BCUT2D eigenvalue weighted by Crippen LogP contribution is -2.41. The largest absolute Gasteiger partial charge is 0.391 e. The van der Waals surface area contributed by atoms with Gasteiger partial charge in [0.2, 0.25) is 0 Å². The van der Waals surface area contributed by atoms with Crippen molar-refractivity contribution < 1.29 is 9.90 Å². The molecular formula is C12H22N4O2. The van der Waals surface area contributed by atoms with Gasteiger partial charge in [0.25, 0.3) is 0 Å². The van der Waals surface area contributed by atoms with E-state index in [4.69, 9.17) is 0 Å². The quantitative estimate of drug-likeness (QED) is 0.696. The van der Waals surface area contributed by atoms with Crippen molar-refractivity contribution in [2.75, 3.05) is 6.54 Å². The molecule has 0 spiro atoms. The van der Waals surface area contributed by atoms with Crippen molar-refractivity contribution in [1.29, 1.82) is 0 Å². The van der Waals surface area contributed by atoms with E-state index in [1.165, 1.54) is 0 Å². The number of hydrogen-bond donors (Lipinski definition) is 3. The maximum Gasteiger partial charge on any atom is 0.315 e. The molecule has 0 saturated heterocycles. The summed E-state index contributed by atoms with van der Waals surface area (Å²) in [5, 5.41) is 19.1. The van der Waals surface area contributed by atoms with Crippen LogP contribution in [0.15, 0.2) is 12.3 Å². The number of nitrogens with zero attached hydrogens (tertiary/aromatic N) is 2. The number of aliphatic hydroxyl groups excluding tert-OH is 1. The molecule has 0 aliphatic rings. The molecule has 2 unspecified atom stereocenters. The Morgan fingerprint density at radius 1 is 1.56 bits per heavy atom. The van der Waals surface area contributed by atoms with E-state index in [0.717, 1.165) is 12.1 Å². The molecule has 1 rings (SSSR count). The SMILES string of the molecule is CCC(C)C(O)CNC(=O)NCc1ccnn1C. The molecule has 6 heteroatoms. The summed E-state index contributed by atoms with van der Waals surface area (Å²) in [6.07, 6.45) is 2.07. The Kier molecular flexibility index (Phi) is 5.64. The van der Waals surface area contributed by atoms with Crippen LogP contribution in [-0.4, -0.2) is 33.6 Å². The third-order valence-corrected chi connectivity index (χ3v) is 3.13. The first-order valence-electron chi connectivity index (χ1n) is 6.21. The van der Waals surface area contributed by atoms with Crippen molar-refractivity contribution in [3.05, 3.63) is 18.0 Å². The third-order valence-electron chi connectivity index (χ3n) is 3.13. The van der Waals surface area contributed by atoms with E-state index < -0.39 is 6.10 Å². The molecule has 0 radical (unpaired) electrons. The summed E-state index contributed by atoms with van der Waals surface area (Å²) in [6.45, 7) is 4.66. The number of aryl methyl sites for hydroxylation is 1. The molecular weight excluding hydrogens is 232 g/mol. The predicted molar refractivity (Wildman–Crippen MR) is 68.9 cm³/mol. The highest BCUT2D eigenvalue weighted by Gasteiger charge is 2.13. The molecule has 0 aliphatic carbocycles. The van der Waals surface area contributed by atoms with Gasteiger partial charge in [-0.3, -0.25) is 4.68 Å². The minimum atomic E-state index is -0.502. The topological polar surface area (TPSA) is 79.2 Å². The predicted octanol–water partition coefficient (Wildman–Crippen LogP) is 0.626. The number of aliphatic hydroxyl groups is 1. The lowest BCUT2D eigenvalue weighted by Gasteiger charge is -2.17. The van der Waals surface area contributed by atoms with Crippen LogP contribution >= 0.6 is 0 Å². The van der Waals surface area contributed by atoms with Gasteiger partial charge in [0, 0.05) is 19.8 Å². The van der Waals surface area contributed by atoms with Crippen LogP contribution in [0.2, 0.25) is 0 Å². The van der Waals surface area contributed by atoms with Crippen molar-refractivity contribution in [2.45, 2.75) is 32.9 Å². The summed E-state index contributed by atoms with van der Waals surface area (Å²) in [4.78, 5) is 11.5. The van der Waals surface area contributed by atoms with E-state index in [2.05, 4.69) is 15.7 Å². The number of amides is 2. The average molecular weight is 254 g/mol. The molecule has 0 fully saturated rings. The number of carbonyl (C=O) groups excluding carboxylic acids is 1. The fraction of sp³-hybridized carbons (Fsp3) is 0.667. The molecule has 1 heterocycles. The van der Waals surface area contributed by atoms with Gasteiger partial charge in [0.1, 0.15) is 0 Å². The second-order valence-electron chi connectivity index (χ2n) is 4.46. The Labute approximate surface area is 107 Å². The van der Waals surface area contributed by atoms with E-state index in [9.17, 15) is 9.90 Å². The van der Waals surface area contributed by atoms with Crippen LogP contribution in [0, 0.1) is 5.92 Å². The Bertz CT molecular complexity index is 378. The van der Waals surface area contributed by atoms with Crippen LogP contribution in [0.5, 0.6) is 0 Å². The zero-order valence-corrected chi connectivity index (χ0v) is 11.2. The number of nitrogens with one attached hydrogen (secondary N) is 2.